The first kappa shape index (κ1) is 21.3. The predicted molar refractivity (Wildman–Crippen MR) is 97.6 cm³/mol. The van der Waals surface area contributed by atoms with Gasteiger partial charge in [0.15, 0.2) is 8.32 Å². The third-order valence-corrected chi connectivity index (χ3v) is 10.2. The number of carbonyl (C=O) groups is 1. The van der Waals surface area contributed by atoms with Crippen LogP contribution in [0.1, 0.15) is 27.7 Å². The van der Waals surface area contributed by atoms with Crippen LogP contribution in [0, 0.1) is 11.8 Å². The normalized spacial score (nSPS) is 24.7. The van der Waals surface area contributed by atoms with E-state index in [2.05, 4.69) is 45.8 Å². The average molecular weight is 378 g/mol. The van der Waals surface area contributed by atoms with Crippen LogP contribution >= 0.6 is 0 Å². The van der Waals surface area contributed by atoms with Gasteiger partial charge in [0.25, 0.3) is 10.1 Å². The Balaban J connectivity index is 2.82. The largest absolute Gasteiger partial charge is 0.413 e. The molecule has 0 bridgehead atoms. The molecular formula is C16H31NO5SSi. The molecule has 140 valence electrons. The molecule has 24 heavy (non-hydrogen) atoms. The van der Waals surface area contributed by atoms with Gasteiger partial charge in [0, 0.05) is 5.92 Å². The number of hydrogen-bond donors (Lipinski definition) is 1. The fraction of sp³-hybridized carbons (Fsp3) is 0.812. The van der Waals surface area contributed by atoms with Gasteiger partial charge in [-0.15, -0.1) is 6.58 Å². The highest BCUT2D eigenvalue weighted by Crippen LogP contribution is 2.39. The van der Waals surface area contributed by atoms with Crippen molar-refractivity contribution in [3.05, 3.63) is 12.7 Å². The van der Waals surface area contributed by atoms with Crippen molar-refractivity contribution < 1.29 is 21.8 Å². The standard InChI is InChI=1S/C16H31NO5SSi/c1-9-12(10-21-23(6,19)20)14-13(15(18)17-14)11(2)22-24(7,8)16(3,4)5/h9,11-14H,1,10H2,2-8H3,(H,17,18)/t11-,12+,13-,14-/m1/s1. The molecule has 0 saturated carbocycles. The highest BCUT2D eigenvalue weighted by atomic mass is 32.2. The Bertz CT molecular complexity index is 582. The molecule has 1 aliphatic rings. The van der Waals surface area contributed by atoms with E-state index in [1.807, 2.05) is 6.92 Å². The maximum Gasteiger partial charge on any atom is 0.264 e. The number of nitrogens with one attached hydrogen (secondary N) is 1. The van der Waals surface area contributed by atoms with Crippen molar-refractivity contribution in [3.63, 3.8) is 0 Å². The van der Waals surface area contributed by atoms with Gasteiger partial charge in [0.2, 0.25) is 5.91 Å². The zero-order chi connectivity index (χ0) is 18.9. The van der Waals surface area contributed by atoms with E-state index in [1.54, 1.807) is 6.08 Å². The van der Waals surface area contributed by atoms with Gasteiger partial charge in [0.05, 0.1) is 30.9 Å². The number of carbonyl (C=O) groups excluding carboxylic acids is 1. The van der Waals surface area contributed by atoms with E-state index in [0.29, 0.717) is 0 Å². The third-order valence-electron chi connectivity index (χ3n) is 5.03. The van der Waals surface area contributed by atoms with Crippen molar-refractivity contribution in [1.82, 2.24) is 5.32 Å². The SMILES string of the molecule is C=C[C@@H](COS(C)(=O)=O)[C@H]1NC(=O)[C@@H]1[C@@H](C)O[Si](C)(C)C(C)(C)C. The van der Waals surface area contributed by atoms with Crippen LogP contribution in [0.4, 0.5) is 0 Å². The molecule has 1 rings (SSSR count). The molecule has 0 aromatic carbocycles. The van der Waals surface area contributed by atoms with Gasteiger partial charge in [-0.05, 0) is 25.1 Å². The Hall–Kier alpha value is -0.703. The lowest BCUT2D eigenvalue weighted by atomic mass is 9.78. The summed E-state index contributed by atoms with van der Waals surface area (Å²) in [6.45, 7) is 16.4. The summed E-state index contributed by atoms with van der Waals surface area (Å²) in [4.78, 5) is 12.1. The minimum atomic E-state index is -3.53. The lowest BCUT2D eigenvalue weighted by Crippen LogP contribution is -2.66. The van der Waals surface area contributed by atoms with Crippen LogP contribution in [0.15, 0.2) is 12.7 Å². The second-order valence-corrected chi connectivity index (χ2v) is 14.4. The van der Waals surface area contributed by atoms with Gasteiger partial charge in [-0.25, -0.2) is 0 Å². The quantitative estimate of drug-likeness (QED) is 0.304. The molecule has 0 aromatic heterocycles. The molecule has 1 saturated heterocycles. The maximum atomic E-state index is 12.1. The highest BCUT2D eigenvalue weighted by molar-refractivity contribution is 7.85. The van der Waals surface area contributed by atoms with E-state index >= 15 is 0 Å². The van der Waals surface area contributed by atoms with Gasteiger partial charge in [-0.2, -0.15) is 8.42 Å². The molecule has 0 aromatic rings. The molecule has 4 atom stereocenters. The first-order chi connectivity index (χ1) is 10.7. The summed E-state index contributed by atoms with van der Waals surface area (Å²) in [7, 11) is -5.53. The summed E-state index contributed by atoms with van der Waals surface area (Å²) in [5, 5.41) is 2.89. The first-order valence-corrected chi connectivity index (χ1v) is 12.9. The molecule has 1 fully saturated rings. The number of hydrogen-bond acceptors (Lipinski definition) is 5. The zero-order valence-corrected chi connectivity index (χ0v) is 17.6. The fourth-order valence-corrected chi connectivity index (χ4v) is 4.36. The molecule has 0 aliphatic carbocycles. The maximum absolute atomic E-state index is 12.1. The van der Waals surface area contributed by atoms with E-state index < -0.39 is 18.4 Å². The summed E-state index contributed by atoms with van der Waals surface area (Å²) in [6.07, 6.45) is 2.39. The number of β-lactam (4-membered cyclic amide) rings is 1. The van der Waals surface area contributed by atoms with E-state index in [0.717, 1.165) is 6.26 Å². The van der Waals surface area contributed by atoms with Crippen LogP contribution in [0.5, 0.6) is 0 Å². The monoisotopic (exact) mass is 377 g/mol. The van der Waals surface area contributed by atoms with Crippen LogP contribution in [0.2, 0.25) is 18.1 Å². The highest BCUT2D eigenvalue weighted by Gasteiger charge is 2.49. The molecule has 1 heterocycles. The minimum absolute atomic E-state index is 0.0312. The summed E-state index contributed by atoms with van der Waals surface area (Å²) >= 11 is 0. The van der Waals surface area contributed by atoms with Gasteiger partial charge in [-0.3, -0.25) is 8.98 Å². The average Bonchev–Trinajstić information content (AvgIpc) is 2.34. The van der Waals surface area contributed by atoms with Crippen molar-refractivity contribution >= 4 is 24.3 Å². The molecule has 1 amide bonds. The lowest BCUT2D eigenvalue weighted by Gasteiger charge is -2.47. The molecule has 8 heteroatoms. The molecule has 0 radical (unpaired) electrons. The first-order valence-electron chi connectivity index (χ1n) is 8.15. The summed E-state index contributed by atoms with van der Waals surface area (Å²) in [5.41, 5.74) is 0. The Labute approximate surface area is 147 Å². The van der Waals surface area contributed by atoms with Crippen LogP contribution in [0.25, 0.3) is 0 Å². The molecule has 0 unspecified atom stereocenters. The van der Waals surface area contributed by atoms with Gasteiger partial charge >= 0.3 is 0 Å². The van der Waals surface area contributed by atoms with Crippen molar-refractivity contribution in [2.45, 2.75) is 58.0 Å². The van der Waals surface area contributed by atoms with Crippen LogP contribution < -0.4 is 5.32 Å². The summed E-state index contributed by atoms with van der Waals surface area (Å²) < 4.78 is 33.6. The molecule has 0 spiro atoms. The zero-order valence-electron chi connectivity index (χ0n) is 15.8. The smallest absolute Gasteiger partial charge is 0.264 e. The minimum Gasteiger partial charge on any atom is -0.413 e. The van der Waals surface area contributed by atoms with E-state index in [-0.39, 0.29) is 41.5 Å². The van der Waals surface area contributed by atoms with Crippen molar-refractivity contribution in [2.24, 2.45) is 11.8 Å². The Morgan fingerprint density at radius 2 is 1.92 bits per heavy atom. The molecular weight excluding hydrogens is 346 g/mol. The molecule has 1 aliphatic heterocycles. The second kappa shape index (κ2) is 7.27. The van der Waals surface area contributed by atoms with Crippen molar-refractivity contribution in [3.8, 4) is 0 Å². The van der Waals surface area contributed by atoms with Gasteiger partial charge in [0.1, 0.15) is 0 Å². The van der Waals surface area contributed by atoms with Crippen molar-refractivity contribution in [2.75, 3.05) is 12.9 Å². The number of rotatable bonds is 8. The second-order valence-electron chi connectivity index (χ2n) is 8.03. The van der Waals surface area contributed by atoms with E-state index in [9.17, 15) is 13.2 Å². The van der Waals surface area contributed by atoms with Crippen LogP contribution in [0.3, 0.4) is 0 Å². The summed E-state index contributed by atoms with van der Waals surface area (Å²) in [5.74, 6) is -0.685. The van der Waals surface area contributed by atoms with Crippen LogP contribution in [-0.4, -0.2) is 47.7 Å². The Kier molecular flexibility index (Phi) is 6.46. The topological polar surface area (TPSA) is 81.7 Å². The van der Waals surface area contributed by atoms with Crippen LogP contribution in [-0.2, 0) is 23.5 Å². The third kappa shape index (κ3) is 5.14. The van der Waals surface area contributed by atoms with Crippen molar-refractivity contribution in [1.29, 1.82) is 0 Å². The predicted octanol–water partition coefficient (Wildman–Crippen LogP) is 2.29. The summed E-state index contributed by atoms with van der Waals surface area (Å²) in [6, 6.07) is -0.225. The molecule has 1 N–H and O–H groups in total. The molecule has 6 nitrogen and oxygen atoms in total. The van der Waals surface area contributed by atoms with E-state index in [1.165, 1.54) is 0 Å². The number of amides is 1. The lowest BCUT2D eigenvalue weighted by molar-refractivity contribution is -0.141. The van der Waals surface area contributed by atoms with Gasteiger partial charge < -0.3 is 9.74 Å². The Morgan fingerprint density at radius 3 is 2.29 bits per heavy atom. The van der Waals surface area contributed by atoms with E-state index in [4.69, 9.17) is 8.61 Å². The Morgan fingerprint density at radius 1 is 1.38 bits per heavy atom. The van der Waals surface area contributed by atoms with Gasteiger partial charge in [-0.1, -0.05) is 26.8 Å². The fourth-order valence-electron chi connectivity index (χ4n) is 2.53.